The van der Waals surface area contributed by atoms with Crippen molar-refractivity contribution in [3.63, 3.8) is 0 Å². The number of halogens is 3. The van der Waals surface area contributed by atoms with E-state index in [0.29, 0.717) is 27.6 Å². The summed E-state index contributed by atoms with van der Waals surface area (Å²) in [7, 11) is 1.82. The molecule has 0 fully saturated rings. The number of hydrogen-bond donors (Lipinski definition) is 0. The molecule has 18 heavy (non-hydrogen) atoms. The third kappa shape index (κ3) is 2.79. The molecular weight excluding hydrogens is 321 g/mol. The van der Waals surface area contributed by atoms with Crippen LogP contribution >= 0.6 is 27.5 Å². The first-order valence-corrected chi connectivity index (χ1v) is 6.37. The van der Waals surface area contributed by atoms with Gasteiger partial charge in [-0.05, 0) is 22.0 Å². The number of aromatic nitrogens is 2. The molecule has 94 valence electrons. The topological polar surface area (TPSA) is 29.0 Å². The molecular formula is C12H10BrClFN3. The molecule has 0 aliphatic carbocycles. The van der Waals surface area contributed by atoms with Crippen LogP contribution in [0.2, 0.25) is 5.15 Å². The van der Waals surface area contributed by atoms with Crippen LogP contribution in [0.15, 0.2) is 35.1 Å². The molecule has 6 heteroatoms. The van der Waals surface area contributed by atoms with E-state index < -0.39 is 0 Å². The van der Waals surface area contributed by atoms with Gasteiger partial charge in [0, 0.05) is 19.2 Å². The third-order valence-electron chi connectivity index (χ3n) is 2.46. The summed E-state index contributed by atoms with van der Waals surface area (Å²) in [5.41, 5.74) is 0.599. The Hall–Kier alpha value is -1.20. The first-order chi connectivity index (χ1) is 8.59. The van der Waals surface area contributed by atoms with Crippen LogP contribution in [0.4, 0.5) is 10.2 Å². The van der Waals surface area contributed by atoms with Crippen LogP contribution in [0, 0.1) is 5.82 Å². The average molecular weight is 331 g/mol. The van der Waals surface area contributed by atoms with Crippen LogP contribution in [0.1, 0.15) is 5.56 Å². The Kier molecular flexibility index (Phi) is 4.14. The number of rotatable bonds is 3. The Labute approximate surface area is 118 Å². The fourth-order valence-electron chi connectivity index (χ4n) is 1.56. The van der Waals surface area contributed by atoms with Gasteiger partial charge in [-0.2, -0.15) is 0 Å². The van der Waals surface area contributed by atoms with Crippen molar-refractivity contribution in [3.8, 4) is 0 Å². The predicted molar refractivity (Wildman–Crippen MR) is 73.2 cm³/mol. The maximum absolute atomic E-state index is 13.5. The molecule has 0 atom stereocenters. The molecule has 0 saturated carbocycles. The average Bonchev–Trinajstić information content (AvgIpc) is 2.35. The van der Waals surface area contributed by atoms with Crippen LogP contribution in [0.3, 0.4) is 0 Å². The van der Waals surface area contributed by atoms with E-state index in [9.17, 15) is 4.39 Å². The zero-order chi connectivity index (χ0) is 13.1. The van der Waals surface area contributed by atoms with Gasteiger partial charge in [0.05, 0.1) is 4.47 Å². The lowest BCUT2D eigenvalue weighted by molar-refractivity contribution is 0.607. The molecule has 0 radical (unpaired) electrons. The van der Waals surface area contributed by atoms with Crippen molar-refractivity contribution in [2.45, 2.75) is 6.54 Å². The smallest absolute Gasteiger partial charge is 0.148 e. The highest BCUT2D eigenvalue weighted by Crippen LogP contribution is 2.29. The van der Waals surface area contributed by atoms with Crippen molar-refractivity contribution in [2.75, 3.05) is 11.9 Å². The van der Waals surface area contributed by atoms with E-state index in [2.05, 4.69) is 25.9 Å². The van der Waals surface area contributed by atoms with Gasteiger partial charge in [0.2, 0.25) is 0 Å². The second kappa shape index (κ2) is 5.63. The van der Waals surface area contributed by atoms with Gasteiger partial charge in [-0.1, -0.05) is 29.8 Å². The molecule has 2 rings (SSSR count). The van der Waals surface area contributed by atoms with Crippen LogP contribution in [0.25, 0.3) is 0 Å². The van der Waals surface area contributed by atoms with Gasteiger partial charge in [-0.25, -0.2) is 14.4 Å². The minimum atomic E-state index is -0.236. The molecule has 2 aromatic rings. The van der Waals surface area contributed by atoms with E-state index in [0.717, 1.165) is 0 Å². The summed E-state index contributed by atoms with van der Waals surface area (Å²) >= 11 is 9.21. The zero-order valence-electron chi connectivity index (χ0n) is 9.57. The van der Waals surface area contributed by atoms with E-state index in [-0.39, 0.29) is 5.82 Å². The van der Waals surface area contributed by atoms with Gasteiger partial charge in [-0.15, -0.1) is 0 Å². The van der Waals surface area contributed by atoms with Crippen molar-refractivity contribution in [2.24, 2.45) is 0 Å². The largest absolute Gasteiger partial charge is 0.354 e. The Morgan fingerprint density at radius 3 is 2.78 bits per heavy atom. The molecule has 0 saturated heterocycles. The zero-order valence-corrected chi connectivity index (χ0v) is 11.9. The predicted octanol–water partition coefficient (Wildman–Crippen LogP) is 3.67. The molecule has 0 N–H and O–H groups in total. The third-order valence-corrected chi connectivity index (χ3v) is 3.70. The number of nitrogens with zero attached hydrogens (tertiary/aromatic N) is 3. The van der Waals surface area contributed by atoms with Crippen LogP contribution in [-0.2, 0) is 6.54 Å². The SMILES string of the molecule is CN(Cc1ccccc1F)c1ncnc(Cl)c1Br. The molecule has 1 heterocycles. The maximum Gasteiger partial charge on any atom is 0.148 e. The molecule has 0 spiro atoms. The molecule has 1 aromatic heterocycles. The van der Waals surface area contributed by atoms with Gasteiger partial charge in [0.1, 0.15) is 23.1 Å². The van der Waals surface area contributed by atoms with Crippen LogP contribution in [0.5, 0.6) is 0 Å². The van der Waals surface area contributed by atoms with Crippen molar-refractivity contribution in [1.29, 1.82) is 0 Å². The lowest BCUT2D eigenvalue weighted by atomic mass is 10.2. The van der Waals surface area contributed by atoms with Crippen molar-refractivity contribution in [3.05, 3.63) is 51.6 Å². The van der Waals surface area contributed by atoms with Crippen molar-refractivity contribution in [1.82, 2.24) is 9.97 Å². The van der Waals surface area contributed by atoms with Gasteiger partial charge in [-0.3, -0.25) is 0 Å². The Morgan fingerprint density at radius 2 is 2.06 bits per heavy atom. The first kappa shape index (κ1) is 13.2. The first-order valence-electron chi connectivity index (χ1n) is 5.20. The Bertz CT molecular complexity index is 565. The summed E-state index contributed by atoms with van der Waals surface area (Å²) in [6, 6.07) is 6.64. The lowest BCUT2D eigenvalue weighted by Crippen LogP contribution is -2.19. The second-order valence-corrected chi connectivity index (χ2v) is 4.90. The summed E-state index contributed by atoms with van der Waals surface area (Å²) in [4.78, 5) is 9.78. The highest BCUT2D eigenvalue weighted by atomic mass is 79.9. The van der Waals surface area contributed by atoms with Gasteiger partial charge < -0.3 is 4.90 Å². The minimum absolute atomic E-state index is 0.236. The highest BCUT2D eigenvalue weighted by Gasteiger charge is 2.12. The summed E-state index contributed by atoms with van der Waals surface area (Å²) in [5, 5.41) is 0.334. The highest BCUT2D eigenvalue weighted by molar-refractivity contribution is 9.10. The van der Waals surface area contributed by atoms with E-state index in [1.807, 2.05) is 7.05 Å². The monoisotopic (exact) mass is 329 g/mol. The number of hydrogen-bond acceptors (Lipinski definition) is 3. The molecule has 1 aromatic carbocycles. The van der Waals surface area contributed by atoms with Gasteiger partial charge in [0.15, 0.2) is 0 Å². The maximum atomic E-state index is 13.5. The molecule has 0 aliphatic rings. The molecule has 0 aliphatic heterocycles. The Balaban J connectivity index is 2.25. The lowest BCUT2D eigenvalue weighted by Gasteiger charge is -2.19. The number of benzene rings is 1. The molecule has 0 amide bonds. The summed E-state index contributed by atoms with van der Waals surface area (Å²) < 4.78 is 14.2. The van der Waals surface area contributed by atoms with Crippen LogP contribution < -0.4 is 4.90 Å². The van der Waals surface area contributed by atoms with E-state index in [1.165, 1.54) is 12.4 Å². The minimum Gasteiger partial charge on any atom is -0.354 e. The molecule has 0 bridgehead atoms. The van der Waals surface area contributed by atoms with Gasteiger partial charge in [0.25, 0.3) is 0 Å². The summed E-state index contributed by atoms with van der Waals surface area (Å²) in [6.07, 6.45) is 1.38. The van der Waals surface area contributed by atoms with E-state index >= 15 is 0 Å². The fraction of sp³-hybridized carbons (Fsp3) is 0.167. The van der Waals surface area contributed by atoms with Crippen molar-refractivity contribution >= 4 is 33.3 Å². The van der Waals surface area contributed by atoms with Crippen LogP contribution in [-0.4, -0.2) is 17.0 Å². The van der Waals surface area contributed by atoms with Crippen molar-refractivity contribution < 1.29 is 4.39 Å². The fourth-order valence-corrected chi connectivity index (χ4v) is 2.20. The quantitative estimate of drug-likeness (QED) is 0.804. The normalized spacial score (nSPS) is 10.4. The number of anilines is 1. The molecule has 3 nitrogen and oxygen atoms in total. The Morgan fingerprint density at radius 1 is 1.33 bits per heavy atom. The van der Waals surface area contributed by atoms with E-state index in [1.54, 1.807) is 23.1 Å². The second-order valence-electron chi connectivity index (χ2n) is 3.75. The summed E-state index contributed by atoms with van der Waals surface area (Å²) in [5.74, 6) is 0.388. The van der Waals surface area contributed by atoms with Gasteiger partial charge >= 0.3 is 0 Å². The van der Waals surface area contributed by atoms with E-state index in [4.69, 9.17) is 11.6 Å². The standard InChI is InChI=1S/C12H10BrClFN3/c1-18(6-8-4-2-3-5-9(8)15)12-10(13)11(14)16-7-17-12/h2-5,7H,6H2,1H3. The summed E-state index contributed by atoms with van der Waals surface area (Å²) in [6.45, 7) is 0.401. The molecule has 0 unspecified atom stereocenters.